The second kappa shape index (κ2) is 8.39. The quantitative estimate of drug-likeness (QED) is 0.693. The van der Waals surface area contributed by atoms with Gasteiger partial charge in [0.1, 0.15) is 11.4 Å². The molecule has 2 saturated carbocycles. The molecule has 29 heavy (non-hydrogen) atoms. The van der Waals surface area contributed by atoms with E-state index in [-0.39, 0.29) is 11.7 Å². The number of Topliss-reactive ketones (excluding diaryl/α,β-unsaturated/α-hetero) is 1. The van der Waals surface area contributed by atoms with Gasteiger partial charge in [0.05, 0.1) is 11.9 Å². The Morgan fingerprint density at radius 2 is 1.90 bits per heavy atom. The fourth-order valence-corrected chi connectivity index (χ4v) is 4.16. The van der Waals surface area contributed by atoms with E-state index in [4.69, 9.17) is 5.73 Å². The van der Waals surface area contributed by atoms with Crippen LogP contribution in [0.15, 0.2) is 24.4 Å². The van der Waals surface area contributed by atoms with Crippen LogP contribution in [0.1, 0.15) is 77.6 Å². The topological polar surface area (TPSA) is 90.0 Å². The lowest BCUT2D eigenvalue weighted by Crippen LogP contribution is -2.30. The van der Waals surface area contributed by atoms with Gasteiger partial charge in [0, 0.05) is 18.5 Å². The van der Waals surface area contributed by atoms with Crippen LogP contribution < -0.4 is 11.1 Å². The molecule has 1 amide bonds. The lowest BCUT2D eigenvalue weighted by Gasteiger charge is -2.21. The first-order chi connectivity index (χ1) is 14.0. The van der Waals surface area contributed by atoms with Gasteiger partial charge in [-0.2, -0.15) is 5.10 Å². The van der Waals surface area contributed by atoms with Gasteiger partial charge in [-0.25, -0.2) is 4.68 Å². The van der Waals surface area contributed by atoms with Gasteiger partial charge in [0.15, 0.2) is 5.78 Å². The highest BCUT2D eigenvalue weighted by Gasteiger charge is 2.25. The van der Waals surface area contributed by atoms with E-state index < -0.39 is 0 Å². The van der Waals surface area contributed by atoms with Gasteiger partial charge >= 0.3 is 0 Å². The predicted molar refractivity (Wildman–Crippen MR) is 113 cm³/mol. The van der Waals surface area contributed by atoms with Crippen molar-refractivity contribution in [1.82, 2.24) is 15.1 Å². The Morgan fingerprint density at radius 1 is 1.14 bits per heavy atom. The van der Waals surface area contributed by atoms with Crippen molar-refractivity contribution in [2.24, 2.45) is 11.8 Å². The molecule has 1 aromatic heterocycles. The summed E-state index contributed by atoms with van der Waals surface area (Å²) in [6.07, 6.45) is 10.6. The number of benzene rings is 1. The van der Waals surface area contributed by atoms with E-state index in [0.29, 0.717) is 41.7 Å². The van der Waals surface area contributed by atoms with Crippen molar-refractivity contribution in [2.75, 3.05) is 12.3 Å². The summed E-state index contributed by atoms with van der Waals surface area (Å²) >= 11 is 0. The van der Waals surface area contributed by atoms with Crippen LogP contribution in [0.5, 0.6) is 0 Å². The number of nitrogens with zero attached hydrogens (tertiary/aromatic N) is 2. The number of amides is 1. The SMILES string of the molecule is Cc1ccc(C(=O)CC2CC2)cc1-n1ncc(C(=O)NCC2CCCCC2)c1N. The zero-order valence-electron chi connectivity index (χ0n) is 17.1. The molecule has 154 valence electrons. The van der Waals surface area contributed by atoms with E-state index in [9.17, 15) is 9.59 Å². The normalized spacial score (nSPS) is 17.3. The Balaban J connectivity index is 1.49. The summed E-state index contributed by atoms with van der Waals surface area (Å²) in [5.41, 5.74) is 9.05. The van der Waals surface area contributed by atoms with Crippen molar-refractivity contribution < 1.29 is 9.59 Å². The number of carbonyl (C=O) groups is 2. The number of anilines is 1. The third-order valence-electron chi connectivity index (χ3n) is 6.26. The fraction of sp³-hybridized carbons (Fsp3) is 0.522. The first-order valence-electron chi connectivity index (χ1n) is 10.8. The molecule has 2 fully saturated rings. The zero-order chi connectivity index (χ0) is 20.4. The number of hydrogen-bond donors (Lipinski definition) is 2. The molecule has 2 aliphatic carbocycles. The summed E-state index contributed by atoms with van der Waals surface area (Å²) in [7, 11) is 0. The Morgan fingerprint density at radius 3 is 2.62 bits per heavy atom. The van der Waals surface area contributed by atoms with Gasteiger partial charge in [-0.15, -0.1) is 0 Å². The van der Waals surface area contributed by atoms with Crippen LogP contribution in [0.4, 0.5) is 5.82 Å². The fourth-order valence-electron chi connectivity index (χ4n) is 4.16. The maximum Gasteiger partial charge on any atom is 0.256 e. The predicted octanol–water partition coefficient (Wildman–Crippen LogP) is 4.06. The number of nitrogens with two attached hydrogens (primary N) is 1. The first kappa shape index (κ1) is 19.7. The molecule has 0 bridgehead atoms. The highest BCUT2D eigenvalue weighted by Crippen LogP contribution is 2.34. The van der Waals surface area contributed by atoms with E-state index in [1.165, 1.54) is 38.3 Å². The second-order valence-electron chi connectivity index (χ2n) is 8.64. The number of nitrogens with one attached hydrogen (secondary N) is 1. The van der Waals surface area contributed by atoms with Crippen LogP contribution in [0, 0.1) is 18.8 Å². The van der Waals surface area contributed by atoms with Crippen LogP contribution in [0.3, 0.4) is 0 Å². The van der Waals surface area contributed by atoms with Crippen LogP contribution in [0.2, 0.25) is 0 Å². The van der Waals surface area contributed by atoms with Gasteiger partial charge in [0.2, 0.25) is 0 Å². The first-order valence-corrected chi connectivity index (χ1v) is 10.8. The third-order valence-corrected chi connectivity index (χ3v) is 6.26. The van der Waals surface area contributed by atoms with Crippen molar-refractivity contribution in [3.05, 3.63) is 41.1 Å². The summed E-state index contributed by atoms with van der Waals surface area (Å²) < 4.78 is 1.57. The number of nitrogen functional groups attached to an aromatic ring is 1. The molecule has 0 saturated heterocycles. The minimum Gasteiger partial charge on any atom is -0.383 e. The molecular formula is C23H30N4O2. The molecule has 6 nitrogen and oxygen atoms in total. The minimum absolute atomic E-state index is 0.157. The molecule has 0 unspecified atom stereocenters. The Kier molecular flexibility index (Phi) is 5.69. The van der Waals surface area contributed by atoms with E-state index in [2.05, 4.69) is 10.4 Å². The van der Waals surface area contributed by atoms with Crippen molar-refractivity contribution in [3.63, 3.8) is 0 Å². The minimum atomic E-state index is -0.182. The Labute approximate surface area is 171 Å². The molecule has 0 radical (unpaired) electrons. The summed E-state index contributed by atoms with van der Waals surface area (Å²) in [6, 6.07) is 5.62. The van der Waals surface area contributed by atoms with Crippen LogP contribution in [-0.2, 0) is 0 Å². The molecule has 6 heteroatoms. The molecule has 0 atom stereocenters. The Bertz CT molecular complexity index is 908. The molecule has 3 N–H and O–H groups in total. The lowest BCUT2D eigenvalue weighted by molar-refractivity contribution is 0.0942. The summed E-state index contributed by atoms with van der Waals surface area (Å²) in [5.74, 6) is 1.38. The Hall–Kier alpha value is -2.63. The van der Waals surface area contributed by atoms with E-state index in [1.807, 2.05) is 25.1 Å². The molecule has 2 aromatic rings. The van der Waals surface area contributed by atoms with Gasteiger partial charge in [0.25, 0.3) is 5.91 Å². The van der Waals surface area contributed by atoms with E-state index in [0.717, 1.165) is 24.1 Å². The molecule has 0 aliphatic heterocycles. The maximum absolute atomic E-state index is 12.6. The summed E-state index contributed by atoms with van der Waals surface area (Å²) in [6.45, 7) is 2.64. The highest BCUT2D eigenvalue weighted by atomic mass is 16.1. The molecule has 1 heterocycles. The van der Waals surface area contributed by atoms with Gasteiger partial charge in [-0.3, -0.25) is 9.59 Å². The molecule has 1 aromatic carbocycles. The zero-order valence-corrected chi connectivity index (χ0v) is 17.1. The smallest absolute Gasteiger partial charge is 0.256 e. The average Bonchev–Trinajstić information content (AvgIpc) is 3.46. The van der Waals surface area contributed by atoms with Crippen LogP contribution >= 0.6 is 0 Å². The van der Waals surface area contributed by atoms with Gasteiger partial charge in [-0.05, 0) is 56.1 Å². The average molecular weight is 395 g/mol. The molecule has 4 rings (SSSR count). The van der Waals surface area contributed by atoms with Crippen molar-refractivity contribution in [3.8, 4) is 5.69 Å². The van der Waals surface area contributed by atoms with Crippen molar-refractivity contribution in [1.29, 1.82) is 0 Å². The number of rotatable bonds is 7. The van der Waals surface area contributed by atoms with Crippen LogP contribution in [0.25, 0.3) is 5.69 Å². The standard InChI is InChI=1S/C23H30N4O2/c1-15-7-10-18(21(28)11-16-8-9-16)12-20(15)27-22(24)19(14-26-27)23(29)25-13-17-5-3-2-4-6-17/h7,10,12,14,16-17H,2-6,8-9,11,13,24H2,1H3,(H,25,29). The second-order valence-corrected chi connectivity index (χ2v) is 8.64. The highest BCUT2D eigenvalue weighted by molar-refractivity contribution is 5.99. The molecular weight excluding hydrogens is 364 g/mol. The van der Waals surface area contributed by atoms with E-state index >= 15 is 0 Å². The summed E-state index contributed by atoms with van der Waals surface area (Å²) in [5, 5.41) is 7.38. The van der Waals surface area contributed by atoms with Gasteiger partial charge in [-0.1, -0.05) is 31.4 Å². The number of hydrogen-bond acceptors (Lipinski definition) is 4. The third kappa shape index (κ3) is 4.52. The summed E-state index contributed by atoms with van der Waals surface area (Å²) in [4.78, 5) is 25.1. The maximum atomic E-state index is 12.6. The van der Waals surface area contributed by atoms with Gasteiger partial charge < -0.3 is 11.1 Å². The number of ketones is 1. The number of aromatic nitrogens is 2. The van der Waals surface area contributed by atoms with Crippen LogP contribution in [-0.4, -0.2) is 28.0 Å². The van der Waals surface area contributed by atoms with Crippen molar-refractivity contribution >= 4 is 17.5 Å². The number of aryl methyl sites for hydroxylation is 1. The largest absolute Gasteiger partial charge is 0.383 e. The molecule has 0 spiro atoms. The lowest BCUT2D eigenvalue weighted by atomic mass is 9.89. The van der Waals surface area contributed by atoms with Crippen molar-refractivity contribution in [2.45, 2.75) is 58.3 Å². The molecule has 2 aliphatic rings. The number of carbonyl (C=O) groups excluding carboxylic acids is 2. The van der Waals surface area contributed by atoms with E-state index in [1.54, 1.807) is 4.68 Å². The monoisotopic (exact) mass is 394 g/mol.